The SMILES string of the molecule is COC(=O)C1(NC(=O)c2ccc(C#Cc3ccccc3)cc2)CCS(=O)(=O)CC1. The quantitative estimate of drug-likeness (QED) is 0.616. The molecule has 7 heteroatoms. The van der Waals surface area contributed by atoms with Gasteiger partial charge in [-0.3, -0.25) is 4.79 Å². The molecule has 150 valence electrons. The summed E-state index contributed by atoms with van der Waals surface area (Å²) in [6.07, 6.45) is -0.0111. The fraction of sp³-hybridized carbons (Fsp3) is 0.273. The minimum atomic E-state index is -3.21. The highest BCUT2D eigenvalue weighted by molar-refractivity contribution is 7.91. The molecule has 2 aromatic rings. The predicted octanol–water partition coefficient (Wildman–Crippen LogP) is 1.94. The van der Waals surface area contributed by atoms with Crippen LogP contribution < -0.4 is 5.32 Å². The maximum absolute atomic E-state index is 12.7. The predicted molar refractivity (Wildman–Crippen MR) is 109 cm³/mol. The molecule has 0 atom stereocenters. The Labute approximate surface area is 170 Å². The molecule has 1 amide bonds. The van der Waals surface area contributed by atoms with E-state index in [-0.39, 0.29) is 24.3 Å². The van der Waals surface area contributed by atoms with E-state index in [4.69, 9.17) is 4.74 Å². The summed E-state index contributed by atoms with van der Waals surface area (Å²) in [7, 11) is -1.98. The molecule has 0 saturated carbocycles. The van der Waals surface area contributed by atoms with Gasteiger partial charge in [0, 0.05) is 16.7 Å². The van der Waals surface area contributed by atoms with Crippen molar-refractivity contribution in [3.8, 4) is 11.8 Å². The molecule has 1 heterocycles. The summed E-state index contributed by atoms with van der Waals surface area (Å²) < 4.78 is 28.3. The topological polar surface area (TPSA) is 89.5 Å². The highest BCUT2D eigenvalue weighted by Gasteiger charge is 2.45. The van der Waals surface area contributed by atoms with E-state index in [1.807, 2.05) is 30.3 Å². The van der Waals surface area contributed by atoms with Crippen LogP contribution in [0.15, 0.2) is 54.6 Å². The van der Waals surface area contributed by atoms with E-state index in [1.165, 1.54) is 7.11 Å². The van der Waals surface area contributed by atoms with Gasteiger partial charge in [0.05, 0.1) is 18.6 Å². The van der Waals surface area contributed by atoms with Gasteiger partial charge >= 0.3 is 5.97 Å². The van der Waals surface area contributed by atoms with Crippen LogP contribution in [-0.4, -0.2) is 44.4 Å². The minimum Gasteiger partial charge on any atom is -0.467 e. The molecule has 3 rings (SSSR count). The van der Waals surface area contributed by atoms with E-state index in [9.17, 15) is 18.0 Å². The number of amides is 1. The van der Waals surface area contributed by atoms with Crippen molar-refractivity contribution in [2.75, 3.05) is 18.6 Å². The van der Waals surface area contributed by atoms with Gasteiger partial charge in [-0.05, 0) is 49.2 Å². The first-order chi connectivity index (χ1) is 13.8. The Hall–Kier alpha value is -3.11. The van der Waals surface area contributed by atoms with Crippen LogP contribution >= 0.6 is 0 Å². The van der Waals surface area contributed by atoms with Gasteiger partial charge in [-0.1, -0.05) is 30.0 Å². The van der Waals surface area contributed by atoms with Crippen LogP contribution in [0.4, 0.5) is 0 Å². The molecule has 0 bridgehead atoms. The van der Waals surface area contributed by atoms with Crippen LogP contribution in [0, 0.1) is 11.8 Å². The molecule has 1 fully saturated rings. The number of nitrogens with one attached hydrogen (secondary N) is 1. The molecule has 2 aromatic carbocycles. The van der Waals surface area contributed by atoms with Crippen molar-refractivity contribution in [2.24, 2.45) is 0 Å². The van der Waals surface area contributed by atoms with Gasteiger partial charge < -0.3 is 10.1 Å². The second-order valence-electron chi connectivity index (χ2n) is 6.87. The van der Waals surface area contributed by atoms with Crippen LogP contribution in [0.1, 0.15) is 34.3 Å². The molecule has 1 saturated heterocycles. The molecule has 1 aliphatic rings. The number of esters is 1. The van der Waals surface area contributed by atoms with Gasteiger partial charge in [0.25, 0.3) is 5.91 Å². The van der Waals surface area contributed by atoms with Gasteiger partial charge in [-0.15, -0.1) is 0 Å². The Bertz CT molecular complexity index is 1050. The third-order valence-corrected chi connectivity index (χ3v) is 6.53. The third kappa shape index (κ3) is 5.04. The molecule has 1 aliphatic heterocycles. The van der Waals surface area contributed by atoms with E-state index in [0.29, 0.717) is 5.56 Å². The normalized spacial score (nSPS) is 16.7. The summed E-state index contributed by atoms with van der Waals surface area (Å²) >= 11 is 0. The summed E-state index contributed by atoms with van der Waals surface area (Å²) in [6.45, 7) is 0. The second-order valence-corrected chi connectivity index (χ2v) is 9.18. The average Bonchev–Trinajstić information content (AvgIpc) is 2.74. The molecule has 1 N–H and O–H groups in total. The van der Waals surface area contributed by atoms with Crippen LogP contribution in [0.3, 0.4) is 0 Å². The zero-order valence-corrected chi connectivity index (χ0v) is 16.8. The molecule has 6 nitrogen and oxygen atoms in total. The first-order valence-corrected chi connectivity index (χ1v) is 10.9. The van der Waals surface area contributed by atoms with Gasteiger partial charge in [0.1, 0.15) is 5.54 Å². The van der Waals surface area contributed by atoms with E-state index in [0.717, 1.165) is 11.1 Å². The minimum absolute atomic E-state index is 0.00557. The lowest BCUT2D eigenvalue weighted by Crippen LogP contribution is -2.58. The number of sulfone groups is 1. The number of rotatable bonds is 3. The van der Waals surface area contributed by atoms with E-state index in [1.54, 1.807) is 24.3 Å². The van der Waals surface area contributed by atoms with Crippen molar-refractivity contribution in [1.82, 2.24) is 5.32 Å². The Kier molecular flexibility index (Phi) is 6.04. The van der Waals surface area contributed by atoms with Crippen molar-refractivity contribution < 1.29 is 22.7 Å². The van der Waals surface area contributed by atoms with Crippen LogP contribution in [0.5, 0.6) is 0 Å². The fourth-order valence-corrected chi connectivity index (χ4v) is 4.65. The van der Waals surface area contributed by atoms with Crippen molar-refractivity contribution in [2.45, 2.75) is 18.4 Å². The van der Waals surface area contributed by atoms with Crippen LogP contribution in [-0.2, 0) is 19.4 Å². The summed E-state index contributed by atoms with van der Waals surface area (Å²) in [5.41, 5.74) is 0.661. The highest BCUT2D eigenvalue weighted by Crippen LogP contribution is 2.26. The van der Waals surface area contributed by atoms with Gasteiger partial charge in [-0.2, -0.15) is 0 Å². The summed E-state index contributed by atoms with van der Waals surface area (Å²) in [5, 5.41) is 2.70. The Morgan fingerprint density at radius 1 is 0.931 bits per heavy atom. The average molecular weight is 411 g/mol. The maximum atomic E-state index is 12.7. The van der Waals surface area contributed by atoms with Crippen LogP contribution in [0.2, 0.25) is 0 Å². The molecule has 0 aliphatic carbocycles. The number of carbonyl (C=O) groups is 2. The molecule has 0 aromatic heterocycles. The van der Waals surface area contributed by atoms with Crippen LogP contribution in [0.25, 0.3) is 0 Å². The number of carbonyl (C=O) groups excluding carboxylic acids is 2. The molecule has 0 spiro atoms. The Morgan fingerprint density at radius 2 is 1.48 bits per heavy atom. The number of hydrogen-bond acceptors (Lipinski definition) is 5. The van der Waals surface area contributed by atoms with Gasteiger partial charge in [0.15, 0.2) is 9.84 Å². The summed E-state index contributed by atoms with van der Waals surface area (Å²) in [5.74, 6) is 4.64. The Balaban J connectivity index is 1.74. The highest BCUT2D eigenvalue weighted by atomic mass is 32.2. The van der Waals surface area contributed by atoms with E-state index >= 15 is 0 Å². The van der Waals surface area contributed by atoms with Crippen molar-refractivity contribution in [3.05, 3.63) is 71.3 Å². The third-order valence-electron chi connectivity index (χ3n) is 4.88. The summed E-state index contributed by atoms with van der Waals surface area (Å²) in [6, 6.07) is 16.2. The fourth-order valence-electron chi connectivity index (χ4n) is 3.12. The maximum Gasteiger partial charge on any atom is 0.331 e. The molecule has 29 heavy (non-hydrogen) atoms. The molecular formula is C22H21NO5S. The number of ether oxygens (including phenoxy) is 1. The summed E-state index contributed by atoms with van der Waals surface area (Å²) in [4.78, 5) is 25.0. The lowest BCUT2D eigenvalue weighted by molar-refractivity contribution is -0.148. The van der Waals surface area contributed by atoms with Crippen molar-refractivity contribution in [3.63, 3.8) is 0 Å². The second kappa shape index (κ2) is 8.50. The molecular weight excluding hydrogens is 390 g/mol. The van der Waals surface area contributed by atoms with Crippen molar-refractivity contribution >= 4 is 21.7 Å². The number of hydrogen-bond donors (Lipinski definition) is 1. The monoisotopic (exact) mass is 411 g/mol. The standard InChI is InChI=1S/C22H21NO5S/c1-28-21(25)22(13-15-29(26,27)16-14-22)23-20(24)19-11-9-18(10-12-19)8-7-17-5-3-2-4-6-17/h2-6,9-12H,13-16H2,1H3,(H,23,24). The molecule has 0 unspecified atom stereocenters. The van der Waals surface area contributed by atoms with Gasteiger partial charge in [0.2, 0.25) is 0 Å². The smallest absolute Gasteiger partial charge is 0.331 e. The lowest BCUT2D eigenvalue weighted by atomic mass is 9.91. The first-order valence-electron chi connectivity index (χ1n) is 9.12. The zero-order chi connectivity index (χ0) is 20.9. The van der Waals surface area contributed by atoms with E-state index in [2.05, 4.69) is 17.2 Å². The largest absolute Gasteiger partial charge is 0.467 e. The first kappa shape index (κ1) is 20.6. The molecule has 0 radical (unpaired) electrons. The lowest BCUT2D eigenvalue weighted by Gasteiger charge is -2.35. The number of benzene rings is 2. The zero-order valence-electron chi connectivity index (χ0n) is 16.0. The number of methoxy groups -OCH3 is 1. The van der Waals surface area contributed by atoms with Gasteiger partial charge in [-0.25, -0.2) is 13.2 Å². The van der Waals surface area contributed by atoms with E-state index < -0.39 is 27.3 Å². The van der Waals surface area contributed by atoms with Crippen molar-refractivity contribution in [1.29, 1.82) is 0 Å². The Morgan fingerprint density at radius 3 is 2.03 bits per heavy atom.